The number of thiazole rings is 1. The van der Waals surface area contributed by atoms with Crippen molar-refractivity contribution in [3.8, 4) is 10.7 Å². The molecule has 4 heteroatoms. The summed E-state index contributed by atoms with van der Waals surface area (Å²) in [4.78, 5) is 8.49. The summed E-state index contributed by atoms with van der Waals surface area (Å²) in [6.45, 7) is 4.11. The van der Waals surface area contributed by atoms with Crippen LogP contribution in [0.15, 0.2) is 22.3 Å². The van der Waals surface area contributed by atoms with E-state index < -0.39 is 0 Å². The third kappa shape index (κ3) is 1.62. The minimum atomic E-state index is 0.328. The minimum absolute atomic E-state index is 0.328. The van der Waals surface area contributed by atoms with E-state index in [2.05, 4.69) is 23.8 Å². The van der Waals surface area contributed by atoms with Crippen LogP contribution >= 0.6 is 11.3 Å². The van der Waals surface area contributed by atoms with Crippen LogP contribution in [0.5, 0.6) is 0 Å². The number of aromatic nitrogens is 2. The van der Waals surface area contributed by atoms with Crippen molar-refractivity contribution in [3.63, 3.8) is 0 Å². The summed E-state index contributed by atoms with van der Waals surface area (Å²) in [6, 6.07) is 0. The standard InChI is InChI=1S/C9H10N2OS/c1-6(2)8-11-7(5-12-8)9-10-3-4-13-9/h3-6H,1-2H3. The van der Waals surface area contributed by atoms with Crippen molar-refractivity contribution in [2.45, 2.75) is 19.8 Å². The van der Waals surface area contributed by atoms with E-state index in [1.54, 1.807) is 23.8 Å². The maximum absolute atomic E-state index is 5.31. The molecule has 0 bridgehead atoms. The quantitative estimate of drug-likeness (QED) is 0.737. The Morgan fingerprint density at radius 1 is 1.46 bits per heavy atom. The Balaban J connectivity index is 2.33. The van der Waals surface area contributed by atoms with E-state index in [-0.39, 0.29) is 0 Å². The first-order chi connectivity index (χ1) is 6.27. The van der Waals surface area contributed by atoms with E-state index in [9.17, 15) is 0 Å². The molecule has 0 atom stereocenters. The molecule has 0 aliphatic heterocycles. The monoisotopic (exact) mass is 194 g/mol. The molecule has 68 valence electrons. The molecule has 13 heavy (non-hydrogen) atoms. The lowest BCUT2D eigenvalue weighted by Crippen LogP contribution is -1.86. The second-order valence-corrected chi connectivity index (χ2v) is 3.96. The van der Waals surface area contributed by atoms with Crippen LogP contribution < -0.4 is 0 Å². The van der Waals surface area contributed by atoms with Crippen molar-refractivity contribution in [1.82, 2.24) is 9.97 Å². The number of rotatable bonds is 2. The van der Waals surface area contributed by atoms with Crippen LogP contribution in [0.1, 0.15) is 25.7 Å². The van der Waals surface area contributed by atoms with E-state index in [1.165, 1.54) is 0 Å². The molecule has 0 radical (unpaired) electrons. The molecule has 2 rings (SSSR count). The first kappa shape index (κ1) is 8.44. The molecule has 0 unspecified atom stereocenters. The Bertz CT molecular complexity index is 378. The van der Waals surface area contributed by atoms with Crippen molar-refractivity contribution >= 4 is 11.3 Å². The van der Waals surface area contributed by atoms with Gasteiger partial charge in [-0.15, -0.1) is 11.3 Å². The third-order valence-electron chi connectivity index (χ3n) is 1.67. The van der Waals surface area contributed by atoms with Gasteiger partial charge in [-0.3, -0.25) is 0 Å². The zero-order chi connectivity index (χ0) is 9.26. The molecule has 0 aromatic carbocycles. The number of nitrogens with zero attached hydrogens (tertiary/aromatic N) is 2. The number of oxazole rings is 1. The first-order valence-corrected chi connectivity index (χ1v) is 5.00. The zero-order valence-corrected chi connectivity index (χ0v) is 8.34. The van der Waals surface area contributed by atoms with Gasteiger partial charge >= 0.3 is 0 Å². The van der Waals surface area contributed by atoms with Gasteiger partial charge < -0.3 is 4.42 Å². The molecule has 0 N–H and O–H groups in total. The fourth-order valence-electron chi connectivity index (χ4n) is 1.00. The van der Waals surface area contributed by atoms with E-state index >= 15 is 0 Å². The summed E-state index contributed by atoms with van der Waals surface area (Å²) in [6.07, 6.45) is 3.43. The van der Waals surface area contributed by atoms with Crippen molar-refractivity contribution in [2.24, 2.45) is 0 Å². The molecule has 0 aliphatic carbocycles. The van der Waals surface area contributed by atoms with E-state index in [4.69, 9.17) is 4.42 Å². The summed E-state index contributed by atoms with van der Waals surface area (Å²) >= 11 is 1.57. The molecule has 0 saturated heterocycles. The predicted octanol–water partition coefficient (Wildman–Crippen LogP) is 2.92. The van der Waals surface area contributed by atoms with Gasteiger partial charge in [0.25, 0.3) is 0 Å². The Morgan fingerprint density at radius 3 is 2.85 bits per heavy atom. The summed E-state index contributed by atoms with van der Waals surface area (Å²) in [5.41, 5.74) is 0.832. The highest BCUT2D eigenvalue weighted by Crippen LogP contribution is 2.23. The molecule has 0 saturated carbocycles. The molecule has 0 fully saturated rings. The molecular weight excluding hydrogens is 184 g/mol. The van der Waals surface area contributed by atoms with Crippen LogP contribution in [0.2, 0.25) is 0 Å². The van der Waals surface area contributed by atoms with Crippen molar-refractivity contribution in [1.29, 1.82) is 0 Å². The second kappa shape index (κ2) is 3.30. The average molecular weight is 194 g/mol. The topological polar surface area (TPSA) is 38.9 Å². The molecule has 2 aromatic rings. The lowest BCUT2D eigenvalue weighted by atomic mass is 10.2. The summed E-state index contributed by atoms with van der Waals surface area (Å²) < 4.78 is 5.31. The van der Waals surface area contributed by atoms with Gasteiger partial charge in [0.1, 0.15) is 17.0 Å². The molecule has 0 aliphatic rings. The van der Waals surface area contributed by atoms with Gasteiger partial charge in [-0.25, -0.2) is 9.97 Å². The van der Waals surface area contributed by atoms with E-state index in [1.807, 2.05) is 5.38 Å². The van der Waals surface area contributed by atoms with Crippen LogP contribution in [-0.4, -0.2) is 9.97 Å². The van der Waals surface area contributed by atoms with Gasteiger partial charge in [-0.1, -0.05) is 13.8 Å². The van der Waals surface area contributed by atoms with Gasteiger partial charge in [0.05, 0.1) is 0 Å². The molecule has 2 heterocycles. The zero-order valence-electron chi connectivity index (χ0n) is 7.52. The highest BCUT2D eigenvalue weighted by molar-refractivity contribution is 7.13. The van der Waals surface area contributed by atoms with Crippen molar-refractivity contribution in [2.75, 3.05) is 0 Å². The molecule has 2 aromatic heterocycles. The van der Waals surface area contributed by atoms with Crippen LogP contribution in [0.4, 0.5) is 0 Å². The van der Waals surface area contributed by atoms with Crippen LogP contribution in [0.3, 0.4) is 0 Å². The first-order valence-electron chi connectivity index (χ1n) is 4.12. The molecular formula is C9H10N2OS. The normalized spacial score (nSPS) is 11.0. The Hall–Kier alpha value is -1.16. The largest absolute Gasteiger partial charge is 0.448 e. The smallest absolute Gasteiger partial charge is 0.197 e. The molecule has 0 spiro atoms. The van der Waals surface area contributed by atoms with Crippen LogP contribution in [0.25, 0.3) is 10.7 Å². The highest BCUT2D eigenvalue weighted by Gasteiger charge is 2.10. The fraction of sp³-hybridized carbons (Fsp3) is 0.333. The minimum Gasteiger partial charge on any atom is -0.448 e. The van der Waals surface area contributed by atoms with Crippen molar-refractivity contribution in [3.05, 3.63) is 23.7 Å². The van der Waals surface area contributed by atoms with Gasteiger partial charge in [-0.2, -0.15) is 0 Å². The summed E-state index contributed by atoms with van der Waals surface area (Å²) in [5.74, 6) is 1.10. The lowest BCUT2D eigenvalue weighted by Gasteiger charge is -1.93. The van der Waals surface area contributed by atoms with E-state index in [0.717, 1.165) is 16.6 Å². The van der Waals surface area contributed by atoms with E-state index in [0.29, 0.717) is 5.92 Å². The SMILES string of the molecule is CC(C)c1nc(-c2nccs2)co1. The number of hydrogen-bond acceptors (Lipinski definition) is 4. The maximum atomic E-state index is 5.31. The van der Waals surface area contributed by atoms with Gasteiger partial charge in [-0.05, 0) is 0 Å². The van der Waals surface area contributed by atoms with Gasteiger partial charge in [0.15, 0.2) is 5.89 Å². The number of hydrogen-bond donors (Lipinski definition) is 0. The third-order valence-corrected chi connectivity index (χ3v) is 2.46. The van der Waals surface area contributed by atoms with Gasteiger partial charge in [0.2, 0.25) is 0 Å². The Kier molecular flexibility index (Phi) is 2.14. The summed E-state index contributed by atoms with van der Waals surface area (Å²) in [5, 5.41) is 2.84. The molecule has 0 amide bonds. The lowest BCUT2D eigenvalue weighted by molar-refractivity contribution is 0.471. The maximum Gasteiger partial charge on any atom is 0.197 e. The van der Waals surface area contributed by atoms with Crippen LogP contribution in [-0.2, 0) is 0 Å². The average Bonchev–Trinajstić information content (AvgIpc) is 2.75. The second-order valence-electron chi connectivity index (χ2n) is 3.06. The summed E-state index contributed by atoms with van der Waals surface area (Å²) in [7, 11) is 0. The fourth-order valence-corrected chi connectivity index (χ4v) is 1.59. The Labute approximate surface area is 80.5 Å². The van der Waals surface area contributed by atoms with Crippen LogP contribution in [0, 0.1) is 0 Å². The van der Waals surface area contributed by atoms with Crippen molar-refractivity contribution < 1.29 is 4.42 Å². The predicted molar refractivity (Wildman–Crippen MR) is 51.7 cm³/mol. The molecule has 3 nitrogen and oxygen atoms in total. The Morgan fingerprint density at radius 2 is 2.31 bits per heavy atom. The highest BCUT2D eigenvalue weighted by atomic mass is 32.1. The van der Waals surface area contributed by atoms with Gasteiger partial charge in [0, 0.05) is 17.5 Å².